The van der Waals surface area contributed by atoms with E-state index in [1.165, 1.54) is 12.4 Å². The molecule has 0 saturated carbocycles. The molecule has 192 valence electrons. The van der Waals surface area contributed by atoms with Crippen LogP contribution in [0.3, 0.4) is 0 Å². The quantitative estimate of drug-likeness (QED) is 0.197. The fourth-order valence-corrected chi connectivity index (χ4v) is 3.44. The van der Waals surface area contributed by atoms with E-state index in [4.69, 9.17) is 25.8 Å². The maximum atomic E-state index is 12.6. The molecule has 1 atom stereocenters. The molecule has 12 heteroatoms. The third-order valence-electron chi connectivity index (χ3n) is 5.02. The van der Waals surface area contributed by atoms with Gasteiger partial charge in [-0.25, -0.2) is 19.2 Å². The van der Waals surface area contributed by atoms with E-state index < -0.39 is 18.3 Å². The van der Waals surface area contributed by atoms with Crippen LogP contribution in [0.2, 0.25) is 0 Å². The molecule has 2 heterocycles. The highest BCUT2D eigenvalue weighted by Gasteiger charge is 2.22. The predicted octanol–water partition coefficient (Wildman–Crippen LogP) is 2.45. The summed E-state index contributed by atoms with van der Waals surface area (Å²) in [5, 5.41) is 19.5. The number of hydrogen-bond acceptors (Lipinski definition) is 7. The zero-order valence-corrected chi connectivity index (χ0v) is 20.0. The van der Waals surface area contributed by atoms with Gasteiger partial charge in [0, 0.05) is 30.8 Å². The molecule has 0 aliphatic carbocycles. The van der Waals surface area contributed by atoms with E-state index in [1.54, 1.807) is 30.3 Å². The topological polar surface area (TPSA) is 173 Å². The molecule has 2 aromatic heterocycles. The van der Waals surface area contributed by atoms with Crippen molar-refractivity contribution in [2.75, 3.05) is 13.3 Å². The Balaban J connectivity index is 0.000000886. The largest absolute Gasteiger partial charge is 0.491 e. The molecular weight excluding hydrogens is 481 g/mol. The summed E-state index contributed by atoms with van der Waals surface area (Å²) in [5.41, 5.74) is 7.50. The van der Waals surface area contributed by atoms with Gasteiger partial charge in [0.25, 0.3) is 11.9 Å². The summed E-state index contributed by atoms with van der Waals surface area (Å²) in [5.74, 6) is -0.0860. The van der Waals surface area contributed by atoms with Crippen molar-refractivity contribution in [1.82, 2.24) is 24.7 Å². The summed E-state index contributed by atoms with van der Waals surface area (Å²) in [7, 11) is 0. The lowest BCUT2D eigenvalue weighted by Crippen LogP contribution is -2.18. The van der Waals surface area contributed by atoms with Gasteiger partial charge in [0.05, 0.1) is 0 Å². The number of aromatic amines is 1. The van der Waals surface area contributed by atoms with Gasteiger partial charge in [-0.15, -0.1) is 9.78 Å². The van der Waals surface area contributed by atoms with Crippen LogP contribution in [0.25, 0.3) is 5.95 Å². The lowest BCUT2D eigenvalue weighted by molar-refractivity contribution is -0.134. The van der Waals surface area contributed by atoms with Gasteiger partial charge < -0.3 is 15.6 Å². The van der Waals surface area contributed by atoms with E-state index in [1.807, 2.05) is 24.3 Å². The predicted molar refractivity (Wildman–Crippen MR) is 134 cm³/mol. The minimum Gasteiger partial charge on any atom is -0.491 e. The zero-order valence-electron chi connectivity index (χ0n) is 20.0. The second-order valence-electron chi connectivity index (χ2n) is 7.77. The maximum absolute atomic E-state index is 12.6. The van der Waals surface area contributed by atoms with Crippen LogP contribution in [0.1, 0.15) is 35.4 Å². The molecule has 5 N–H and O–H groups in total. The molecule has 37 heavy (non-hydrogen) atoms. The highest BCUT2D eigenvalue weighted by molar-refractivity contribution is 5.94. The van der Waals surface area contributed by atoms with Crippen LogP contribution in [0.4, 0.5) is 4.39 Å². The number of nitrogens with zero attached hydrogens (tertiary/aromatic N) is 4. The molecule has 0 saturated heterocycles. The Bertz CT molecular complexity index is 1380. The normalized spacial score (nSPS) is 11.2. The van der Waals surface area contributed by atoms with Crippen molar-refractivity contribution in [2.45, 2.75) is 19.3 Å². The number of ether oxygens (including phenoxy) is 1. The number of nitrogens with two attached hydrogens (primary N) is 1. The molecule has 0 bridgehead atoms. The average molecular weight is 508 g/mol. The lowest BCUT2D eigenvalue weighted by Gasteiger charge is -2.16. The summed E-state index contributed by atoms with van der Waals surface area (Å²) in [6.07, 6.45) is 3.55. The standard InChI is InChI=1S/C23H22FN7O2.C2H4O2/c24-9-12-33-18-4-1-3-17(14-18)19(13-15-5-7-16(8-6-15)20(25)26)21-29-23(32)31(30-21)22-27-10-2-11-28-22;1-2(3)4/h1-8,10-11,14,19H,9,12-13H2,(H3,25,26)(H,29,30,32);1H3,(H,3,4). The monoisotopic (exact) mass is 507 g/mol. The molecule has 4 rings (SSSR count). The Hall–Kier alpha value is -4.87. The molecule has 2 aromatic carbocycles. The summed E-state index contributed by atoms with van der Waals surface area (Å²) < 4.78 is 19.1. The molecule has 0 amide bonds. The second-order valence-corrected chi connectivity index (χ2v) is 7.77. The molecule has 0 spiro atoms. The van der Waals surface area contributed by atoms with Crippen molar-refractivity contribution < 1.29 is 19.0 Å². The SMILES string of the molecule is CC(=O)O.N=C(N)c1ccc(CC(c2cccc(OCCF)c2)c2nn(-c3ncccn3)c(=O)[nH]2)cc1. The number of nitrogen functional groups attached to an aromatic ring is 1. The number of carboxylic acids is 1. The van der Waals surface area contributed by atoms with Gasteiger partial charge in [-0.2, -0.15) is 0 Å². The third kappa shape index (κ3) is 7.56. The lowest BCUT2D eigenvalue weighted by atomic mass is 9.91. The van der Waals surface area contributed by atoms with Gasteiger partial charge in [-0.05, 0) is 35.7 Å². The summed E-state index contributed by atoms with van der Waals surface area (Å²) in [6.45, 7) is 0.447. The number of benzene rings is 2. The zero-order chi connectivity index (χ0) is 26.8. The number of rotatable bonds is 9. The molecular formula is C25H26FN7O4. The van der Waals surface area contributed by atoms with Crippen LogP contribution >= 0.6 is 0 Å². The first-order chi connectivity index (χ1) is 17.8. The van der Waals surface area contributed by atoms with Gasteiger partial charge in [-0.1, -0.05) is 36.4 Å². The molecule has 0 fully saturated rings. The number of aromatic nitrogens is 5. The fourth-order valence-electron chi connectivity index (χ4n) is 3.44. The number of aliphatic carboxylic acids is 1. The number of H-pyrrole nitrogens is 1. The molecule has 0 radical (unpaired) electrons. The summed E-state index contributed by atoms with van der Waals surface area (Å²) in [4.78, 5) is 32.6. The van der Waals surface area contributed by atoms with E-state index in [2.05, 4.69) is 20.1 Å². The highest BCUT2D eigenvalue weighted by atomic mass is 19.1. The Morgan fingerprint density at radius 1 is 1.19 bits per heavy atom. The number of alkyl halides is 1. The van der Waals surface area contributed by atoms with Crippen LogP contribution in [0.15, 0.2) is 71.8 Å². The van der Waals surface area contributed by atoms with Crippen LogP contribution in [-0.2, 0) is 11.2 Å². The van der Waals surface area contributed by atoms with Gasteiger partial charge in [0.1, 0.15) is 30.7 Å². The van der Waals surface area contributed by atoms with Gasteiger partial charge in [-0.3, -0.25) is 15.2 Å². The fraction of sp³-hybridized carbons (Fsp3) is 0.200. The number of nitrogens with one attached hydrogen (secondary N) is 2. The molecule has 0 aliphatic heterocycles. The first-order valence-corrected chi connectivity index (χ1v) is 11.2. The van der Waals surface area contributed by atoms with Crippen LogP contribution in [0, 0.1) is 5.41 Å². The molecule has 4 aromatic rings. The van der Waals surface area contributed by atoms with E-state index in [0.29, 0.717) is 23.6 Å². The second kappa shape index (κ2) is 12.7. The molecule has 0 aliphatic rings. The van der Waals surface area contributed by atoms with Crippen molar-refractivity contribution in [1.29, 1.82) is 5.41 Å². The minimum absolute atomic E-state index is 0.0123. The van der Waals surface area contributed by atoms with E-state index in [0.717, 1.165) is 22.7 Å². The Morgan fingerprint density at radius 3 is 2.49 bits per heavy atom. The van der Waals surface area contributed by atoms with Gasteiger partial charge >= 0.3 is 5.69 Å². The van der Waals surface area contributed by atoms with E-state index >= 15 is 0 Å². The smallest absolute Gasteiger partial charge is 0.350 e. The number of amidine groups is 1. The Morgan fingerprint density at radius 2 is 1.86 bits per heavy atom. The Labute approximate surface area is 211 Å². The Kier molecular flexibility index (Phi) is 9.19. The number of carbonyl (C=O) groups is 1. The molecule has 11 nitrogen and oxygen atoms in total. The number of hydrogen-bond donors (Lipinski definition) is 4. The average Bonchev–Trinajstić information content (AvgIpc) is 3.27. The van der Waals surface area contributed by atoms with Crippen molar-refractivity contribution in [3.05, 3.63) is 100.0 Å². The van der Waals surface area contributed by atoms with Gasteiger partial charge in [0.15, 0.2) is 0 Å². The maximum Gasteiger partial charge on any atom is 0.350 e. The summed E-state index contributed by atoms with van der Waals surface area (Å²) >= 11 is 0. The van der Waals surface area contributed by atoms with Crippen molar-refractivity contribution >= 4 is 11.8 Å². The van der Waals surface area contributed by atoms with Crippen molar-refractivity contribution in [3.8, 4) is 11.7 Å². The highest BCUT2D eigenvalue weighted by Crippen LogP contribution is 2.29. The van der Waals surface area contributed by atoms with Crippen molar-refractivity contribution in [3.63, 3.8) is 0 Å². The van der Waals surface area contributed by atoms with Crippen LogP contribution in [-0.4, -0.2) is 54.9 Å². The first-order valence-electron chi connectivity index (χ1n) is 11.2. The number of carboxylic acid groups (broad SMARTS) is 1. The number of halogens is 1. The summed E-state index contributed by atoms with van der Waals surface area (Å²) in [6, 6.07) is 16.2. The minimum atomic E-state index is -0.833. The van der Waals surface area contributed by atoms with Crippen LogP contribution in [0.5, 0.6) is 5.75 Å². The van der Waals surface area contributed by atoms with Gasteiger partial charge in [0.2, 0.25) is 0 Å². The first kappa shape index (κ1) is 26.7. The van der Waals surface area contributed by atoms with Crippen molar-refractivity contribution in [2.24, 2.45) is 5.73 Å². The van der Waals surface area contributed by atoms with Crippen LogP contribution < -0.4 is 16.2 Å². The van der Waals surface area contributed by atoms with E-state index in [9.17, 15) is 9.18 Å². The third-order valence-corrected chi connectivity index (χ3v) is 5.02. The molecule has 1 unspecified atom stereocenters. The van der Waals surface area contributed by atoms with E-state index in [-0.39, 0.29) is 24.3 Å².